The molecule has 1 atom stereocenters. The lowest BCUT2D eigenvalue weighted by atomic mass is 9.69. The normalized spacial score (nSPS) is 25.9. The van der Waals surface area contributed by atoms with Gasteiger partial charge in [-0.3, -0.25) is 4.79 Å². The van der Waals surface area contributed by atoms with Gasteiger partial charge in [-0.2, -0.15) is 0 Å². The summed E-state index contributed by atoms with van der Waals surface area (Å²) < 4.78 is 11.7. The summed E-state index contributed by atoms with van der Waals surface area (Å²) in [6, 6.07) is 7.89. The largest absolute Gasteiger partial charge is 0.494 e. The van der Waals surface area contributed by atoms with E-state index in [0.29, 0.717) is 19.4 Å². The topological polar surface area (TPSA) is 64.8 Å². The summed E-state index contributed by atoms with van der Waals surface area (Å²) in [5.74, 6) is 0.578. The standard InChI is InChI=1S/C21H32N2O3/c1-20(2)16-21(19(22)24,10-15-26-20)17-6-8-18(9-7-17)25-14-5-13-23-11-3-4-12-23/h6-9H,3-5,10-16H2,1-2H3,(H2,22,24). The van der Waals surface area contributed by atoms with Crippen molar-refractivity contribution in [2.24, 2.45) is 5.73 Å². The highest BCUT2D eigenvalue weighted by atomic mass is 16.5. The molecule has 1 aromatic carbocycles. The highest BCUT2D eigenvalue weighted by Crippen LogP contribution is 2.41. The number of rotatable bonds is 7. The summed E-state index contributed by atoms with van der Waals surface area (Å²) in [6.45, 7) is 8.86. The number of amides is 1. The number of ether oxygens (including phenoxy) is 2. The minimum atomic E-state index is -0.657. The Morgan fingerprint density at radius 3 is 2.54 bits per heavy atom. The Balaban J connectivity index is 1.59. The fourth-order valence-corrected chi connectivity index (χ4v) is 4.32. The summed E-state index contributed by atoms with van der Waals surface area (Å²) in [7, 11) is 0. The SMILES string of the molecule is CC1(C)CC(C(N)=O)(c2ccc(OCCCN3CCCC3)cc2)CCO1. The maximum Gasteiger partial charge on any atom is 0.228 e. The van der Waals surface area contributed by atoms with Crippen LogP contribution in [0.1, 0.15) is 51.5 Å². The average Bonchev–Trinajstić information content (AvgIpc) is 3.11. The maximum atomic E-state index is 12.3. The second-order valence-electron chi connectivity index (χ2n) is 8.26. The van der Waals surface area contributed by atoms with Gasteiger partial charge in [0.2, 0.25) is 5.91 Å². The van der Waals surface area contributed by atoms with Gasteiger partial charge in [-0.15, -0.1) is 0 Å². The molecule has 1 unspecified atom stereocenters. The van der Waals surface area contributed by atoms with E-state index in [0.717, 1.165) is 30.9 Å². The van der Waals surface area contributed by atoms with Gasteiger partial charge in [0.05, 0.1) is 17.6 Å². The zero-order valence-corrected chi connectivity index (χ0v) is 16.1. The van der Waals surface area contributed by atoms with Crippen LogP contribution < -0.4 is 10.5 Å². The molecule has 2 fully saturated rings. The number of carbonyl (C=O) groups excluding carboxylic acids is 1. The van der Waals surface area contributed by atoms with Gasteiger partial charge in [0.15, 0.2) is 0 Å². The Morgan fingerprint density at radius 2 is 1.92 bits per heavy atom. The van der Waals surface area contributed by atoms with E-state index in [1.807, 2.05) is 38.1 Å². The Bertz CT molecular complexity index is 608. The van der Waals surface area contributed by atoms with E-state index in [4.69, 9.17) is 15.2 Å². The number of hydrogen-bond donors (Lipinski definition) is 1. The molecule has 0 aromatic heterocycles. The van der Waals surface area contributed by atoms with Crippen molar-refractivity contribution < 1.29 is 14.3 Å². The van der Waals surface area contributed by atoms with Crippen LogP contribution in [0, 0.1) is 0 Å². The van der Waals surface area contributed by atoms with Gasteiger partial charge in [0.25, 0.3) is 0 Å². The predicted molar refractivity (Wildman–Crippen MR) is 102 cm³/mol. The summed E-state index contributed by atoms with van der Waals surface area (Å²) in [4.78, 5) is 14.8. The Morgan fingerprint density at radius 1 is 1.23 bits per heavy atom. The monoisotopic (exact) mass is 360 g/mol. The zero-order chi connectivity index (χ0) is 18.6. The van der Waals surface area contributed by atoms with Crippen LogP contribution in [0.4, 0.5) is 0 Å². The number of nitrogens with two attached hydrogens (primary N) is 1. The van der Waals surface area contributed by atoms with Gasteiger partial charge in [0, 0.05) is 13.2 Å². The molecule has 0 aliphatic carbocycles. The van der Waals surface area contributed by atoms with Crippen LogP contribution in [0.3, 0.4) is 0 Å². The number of benzene rings is 1. The molecule has 2 N–H and O–H groups in total. The van der Waals surface area contributed by atoms with Crippen LogP contribution in [0.25, 0.3) is 0 Å². The van der Waals surface area contributed by atoms with Crippen LogP contribution in [0.2, 0.25) is 0 Å². The first-order valence-corrected chi connectivity index (χ1v) is 9.81. The second kappa shape index (κ2) is 7.97. The fraction of sp³-hybridized carbons (Fsp3) is 0.667. The number of likely N-dealkylation sites (tertiary alicyclic amines) is 1. The van der Waals surface area contributed by atoms with Crippen molar-refractivity contribution in [1.29, 1.82) is 0 Å². The zero-order valence-electron chi connectivity index (χ0n) is 16.1. The lowest BCUT2D eigenvalue weighted by Gasteiger charge is -2.43. The highest BCUT2D eigenvalue weighted by Gasteiger charge is 2.46. The molecule has 0 saturated carbocycles. The van der Waals surface area contributed by atoms with E-state index in [-0.39, 0.29) is 11.5 Å². The number of carbonyl (C=O) groups is 1. The van der Waals surface area contributed by atoms with Crippen molar-refractivity contribution in [2.45, 2.75) is 57.0 Å². The van der Waals surface area contributed by atoms with E-state index in [2.05, 4.69) is 4.90 Å². The second-order valence-corrected chi connectivity index (χ2v) is 8.26. The molecular formula is C21H32N2O3. The maximum absolute atomic E-state index is 12.3. The van der Waals surface area contributed by atoms with Crippen LogP contribution in [-0.4, -0.2) is 49.3 Å². The molecule has 1 amide bonds. The Kier molecular flexibility index (Phi) is 5.88. The Labute approximate surface area is 156 Å². The van der Waals surface area contributed by atoms with E-state index in [1.54, 1.807) is 0 Å². The van der Waals surface area contributed by atoms with Crippen LogP contribution >= 0.6 is 0 Å². The first-order chi connectivity index (χ1) is 12.4. The molecule has 0 radical (unpaired) electrons. The van der Waals surface area contributed by atoms with Gasteiger partial charge in [-0.05, 0) is 76.7 Å². The molecule has 144 valence electrons. The highest BCUT2D eigenvalue weighted by molar-refractivity contribution is 5.87. The first kappa shape index (κ1) is 19.2. The molecule has 2 aliphatic heterocycles. The van der Waals surface area contributed by atoms with E-state index in [1.165, 1.54) is 25.9 Å². The molecule has 26 heavy (non-hydrogen) atoms. The minimum absolute atomic E-state index is 0.270. The summed E-state index contributed by atoms with van der Waals surface area (Å²) >= 11 is 0. The summed E-state index contributed by atoms with van der Waals surface area (Å²) in [5, 5.41) is 0. The van der Waals surface area contributed by atoms with Crippen LogP contribution in [0.5, 0.6) is 5.75 Å². The van der Waals surface area contributed by atoms with Gasteiger partial charge >= 0.3 is 0 Å². The van der Waals surface area contributed by atoms with Gasteiger partial charge in [-0.1, -0.05) is 12.1 Å². The smallest absolute Gasteiger partial charge is 0.228 e. The number of hydrogen-bond acceptors (Lipinski definition) is 4. The predicted octanol–water partition coefficient (Wildman–Crippen LogP) is 2.86. The molecule has 2 heterocycles. The number of primary amides is 1. The van der Waals surface area contributed by atoms with Gasteiger partial charge < -0.3 is 20.1 Å². The minimum Gasteiger partial charge on any atom is -0.494 e. The van der Waals surface area contributed by atoms with Crippen molar-refractivity contribution in [2.75, 3.05) is 32.8 Å². The molecular weight excluding hydrogens is 328 g/mol. The van der Waals surface area contributed by atoms with E-state index < -0.39 is 5.41 Å². The quantitative estimate of drug-likeness (QED) is 0.760. The summed E-state index contributed by atoms with van der Waals surface area (Å²) in [5.41, 5.74) is 5.78. The molecule has 1 aromatic rings. The van der Waals surface area contributed by atoms with E-state index >= 15 is 0 Å². The molecule has 5 heteroatoms. The van der Waals surface area contributed by atoms with Crippen molar-refractivity contribution in [3.05, 3.63) is 29.8 Å². The molecule has 2 aliphatic rings. The van der Waals surface area contributed by atoms with Crippen molar-refractivity contribution in [3.63, 3.8) is 0 Å². The third kappa shape index (κ3) is 4.38. The van der Waals surface area contributed by atoms with Gasteiger partial charge in [0.1, 0.15) is 5.75 Å². The molecule has 3 rings (SSSR count). The lowest BCUT2D eigenvalue weighted by Crippen LogP contribution is -2.51. The van der Waals surface area contributed by atoms with Gasteiger partial charge in [-0.25, -0.2) is 0 Å². The number of nitrogens with zero attached hydrogens (tertiary/aromatic N) is 1. The molecule has 0 bridgehead atoms. The Hall–Kier alpha value is -1.59. The van der Waals surface area contributed by atoms with Crippen molar-refractivity contribution in [3.8, 4) is 5.75 Å². The van der Waals surface area contributed by atoms with Crippen LogP contribution in [-0.2, 0) is 14.9 Å². The third-order valence-corrected chi connectivity index (χ3v) is 5.71. The third-order valence-electron chi connectivity index (χ3n) is 5.71. The summed E-state index contributed by atoms with van der Waals surface area (Å²) in [6.07, 6.45) is 4.92. The van der Waals surface area contributed by atoms with Crippen LogP contribution in [0.15, 0.2) is 24.3 Å². The first-order valence-electron chi connectivity index (χ1n) is 9.81. The fourth-order valence-electron chi connectivity index (χ4n) is 4.32. The average molecular weight is 360 g/mol. The van der Waals surface area contributed by atoms with Crippen molar-refractivity contribution >= 4 is 5.91 Å². The lowest BCUT2D eigenvalue weighted by molar-refractivity contribution is -0.136. The molecule has 2 saturated heterocycles. The molecule has 0 spiro atoms. The molecule has 5 nitrogen and oxygen atoms in total. The van der Waals surface area contributed by atoms with E-state index in [9.17, 15) is 4.79 Å². The van der Waals surface area contributed by atoms with Crippen molar-refractivity contribution in [1.82, 2.24) is 4.90 Å².